The van der Waals surface area contributed by atoms with E-state index >= 15 is 0 Å². The molecule has 0 unspecified atom stereocenters. The van der Waals surface area contributed by atoms with Gasteiger partial charge in [-0.1, -0.05) is 30.3 Å². The molecule has 2 aliphatic heterocycles. The molecule has 170 valence electrons. The second-order valence-electron chi connectivity index (χ2n) is 8.20. The smallest absolute Gasteiger partial charge is 0.338 e. The monoisotopic (exact) mass is 460 g/mol. The van der Waals surface area contributed by atoms with Gasteiger partial charge in [-0.05, 0) is 61.7 Å². The van der Waals surface area contributed by atoms with E-state index in [4.69, 9.17) is 0 Å². The van der Waals surface area contributed by atoms with Crippen LogP contribution in [0.25, 0.3) is 0 Å². The van der Waals surface area contributed by atoms with Crippen LogP contribution in [-0.4, -0.2) is 64.5 Å². The highest BCUT2D eigenvalue weighted by Gasteiger charge is 2.32. The number of para-hydroxylation sites is 2. The predicted octanol–water partition coefficient (Wildman–Crippen LogP) is 4.66. The van der Waals surface area contributed by atoms with Gasteiger partial charge in [0.05, 0.1) is 16.3 Å². The van der Waals surface area contributed by atoms with E-state index in [0.29, 0.717) is 0 Å². The summed E-state index contributed by atoms with van der Waals surface area (Å²) in [7, 11) is 0. The van der Waals surface area contributed by atoms with Crippen molar-refractivity contribution in [3.63, 3.8) is 0 Å². The molecule has 8 heteroatoms. The minimum atomic E-state index is 0.0291. The number of hydrogen-bond acceptors (Lipinski definition) is 6. The van der Waals surface area contributed by atoms with Gasteiger partial charge in [0.1, 0.15) is 0 Å². The molecule has 2 aromatic carbocycles. The van der Waals surface area contributed by atoms with Crippen LogP contribution in [0.3, 0.4) is 0 Å². The molecule has 0 atom stereocenters. The van der Waals surface area contributed by atoms with Gasteiger partial charge in [0, 0.05) is 45.1 Å². The van der Waals surface area contributed by atoms with Crippen LogP contribution in [0.2, 0.25) is 0 Å². The molecule has 0 spiro atoms. The number of hydrogen-bond donors (Lipinski definition) is 0. The summed E-state index contributed by atoms with van der Waals surface area (Å²) in [5.41, 5.74) is 1.86. The van der Waals surface area contributed by atoms with E-state index in [0.717, 1.165) is 74.3 Å². The Kier molecular flexibility index (Phi) is 6.73. The fourth-order valence-electron chi connectivity index (χ4n) is 4.28. The van der Waals surface area contributed by atoms with Crippen molar-refractivity contribution in [2.45, 2.75) is 17.7 Å². The van der Waals surface area contributed by atoms with Crippen LogP contribution in [0.5, 0.6) is 0 Å². The number of anilines is 3. The Hall–Kier alpha value is -3.10. The third-order valence-corrected chi connectivity index (χ3v) is 7.13. The molecule has 3 heterocycles. The van der Waals surface area contributed by atoms with E-state index in [-0.39, 0.29) is 6.03 Å². The van der Waals surface area contributed by atoms with E-state index in [2.05, 4.69) is 25.8 Å². The molecule has 0 N–H and O–H groups in total. The third kappa shape index (κ3) is 4.96. The molecular formula is C25H28N6OS. The van der Waals surface area contributed by atoms with Crippen LogP contribution in [0, 0.1) is 0 Å². The fourth-order valence-corrected chi connectivity index (χ4v) is 5.29. The number of aromatic nitrogens is 2. The van der Waals surface area contributed by atoms with Crippen LogP contribution < -0.4 is 9.80 Å². The molecule has 0 bridgehead atoms. The summed E-state index contributed by atoms with van der Waals surface area (Å²) in [6, 6.07) is 19.9. The first-order chi connectivity index (χ1) is 16.3. The van der Waals surface area contributed by atoms with Gasteiger partial charge in [0.15, 0.2) is 0 Å². The second-order valence-corrected chi connectivity index (χ2v) is 9.26. The highest BCUT2D eigenvalue weighted by molar-refractivity contribution is 7.97. The maximum Gasteiger partial charge on any atom is 0.339 e. The maximum absolute atomic E-state index is 13.4. The van der Waals surface area contributed by atoms with E-state index in [9.17, 15) is 4.79 Å². The van der Waals surface area contributed by atoms with Gasteiger partial charge in [0.25, 0.3) is 0 Å². The number of carbonyl (C=O) groups excluding carboxylic acids is 1. The van der Waals surface area contributed by atoms with Crippen molar-refractivity contribution in [3.8, 4) is 0 Å². The number of unbranched alkanes of at least 4 members (excludes halogenated alkanes) is 1. The topological polar surface area (TPSA) is 55.8 Å². The number of piperazine rings is 1. The predicted molar refractivity (Wildman–Crippen MR) is 133 cm³/mol. The van der Waals surface area contributed by atoms with E-state index in [1.807, 2.05) is 63.8 Å². The number of benzene rings is 2. The van der Waals surface area contributed by atoms with Gasteiger partial charge in [-0.2, -0.15) is 0 Å². The molecule has 0 aliphatic carbocycles. The Morgan fingerprint density at radius 2 is 1.48 bits per heavy atom. The molecular weight excluding hydrogens is 432 g/mol. The molecule has 33 heavy (non-hydrogen) atoms. The average molecular weight is 461 g/mol. The van der Waals surface area contributed by atoms with Gasteiger partial charge in [0.2, 0.25) is 5.95 Å². The SMILES string of the molecule is O=C1N(CCCCN2CCN(c3ncccn3)CC2)Sc2ccccc2N1c1ccccc1. The summed E-state index contributed by atoms with van der Waals surface area (Å²) in [6.07, 6.45) is 5.64. The highest BCUT2D eigenvalue weighted by Crippen LogP contribution is 2.42. The first-order valence-corrected chi connectivity index (χ1v) is 12.2. The van der Waals surface area contributed by atoms with E-state index in [1.165, 1.54) is 0 Å². The minimum absolute atomic E-state index is 0.0291. The van der Waals surface area contributed by atoms with Crippen molar-refractivity contribution in [1.82, 2.24) is 19.2 Å². The third-order valence-electron chi connectivity index (χ3n) is 6.03. The number of rotatable bonds is 7. The van der Waals surface area contributed by atoms with Crippen molar-refractivity contribution in [2.75, 3.05) is 49.1 Å². The average Bonchev–Trinajstić information content (AvgIpc) is 2.88. The lowest BCUT2D eigenvalue weighted by Crippen LogP contribution is -2.47. The standard InChI is InChI=1S/C25H28N6OS/c32-25-30(33-23-12-5-4-11-22(23)31(25)21-9-2-1-3-10-21)16-7-6-15-28-17-19-29(20-18-28)24-26-13-8-14-27-24/h1-5,8-14H,6-7,15-20H2. The summed E-state index contributed by atoms with van der Waals surface area (Å²) < 4.78 is 1.90. The van der Waals surface area contributed by atoms with Crippen LogP contribution in [0.1, 0.15) is 12.8 Å². The zero-order valence-corrected chi connectivity index (χ0v) is 19.4. The largest absolute Gasteiger partial charge is 0.339 e. The molecule has 0 saturated carbocycles. The van der Waals surface area contributed by atoms with Gasteiger partial charge < -0.3 is 4.90 Å². The number of amides is 2. The Morgan fingerprint density at radius 1 is 0.788 bits per heavy atom. The summed E-state index contributed by atoms with van der Waals surface area (Å²) in [6.45, 7) is 5.73. The zero-order chi connectivity index (χ0) is 22.5. The lowest BCUT2D eigenvalue weighted by Gasteiger charge is -2.36. The molecule has 2 aliphatic rings. The molecule has 5 rings (SSSR count). The first-order valence-electron chi connectivity index (χ1n) is 11.5. The minimum Gasteiger partial charge on any atom is -0.338 e. The molecule has 3 aromatic rings. The van der Waals surface area contributed by atoms with E-state index in [1.54, 1.807) is 24.3 Å². The van der Waals surface area contributed by atoms with Crippen molar-refractivity contribution >= 4 is 35.3 Å². The van der Waals surface area contributed by atoms with Gasteiger partial charge in [-0.3, -0.25) is 14.1 Å². The van der Waals surface area contributed by atoms with Crippen LogP contribution in [0.4, 0.5) is 22.1 Å². The van der Waals surface area contributed by atoms with E-state index < -0.39 is 0 Å². The van der Waals surface area contributed by atoms with Gasteiger partial charge in [-0.25, -0.2) is 14.8 Å². The van der Waals surface area contributed by atoms with Crippen molar-refractivity contribution in [2.24, 2.45) is 0 Å². The molecule has 1 fully saturated rings. The summed E-state index contributed by atoms with van der Waals surface area (Å²) in [5, 5.41) is 0. The molecule has 1 saturated heterocycles. The highest BCUT2D eigenvalue weighted by atomic mass is 32.2. The Labute approximate surface area is 199 Å². The zero-order valence-electron chi connectivity index (χ0n) is 18.6. The Morgan fingerprint density at radius 3 is 2.27 bits per heavy atom. The lowest BCUT2D eigenvalue weighted by molar-refractivity contribution is 0.229. The normalized spacial score (nSPS) is 16.7. The van der Waals surface area contributed by atoms with Crippen LogP contribution in [0.15, 0.2) is 78.0 Å². The second kappa shape index (κ2) is 10.2. The molecule has 0 radical (unpaired) electrons. The quantitative estimate of drug-likeness (QED) is 0.378. The molecule has 7 nitrogen and oxygen atoms in total. The number of carbonyl (C=O) groups is 1. The van der Waals surface area contributed by atoms with Crippen LogP contribution >= 0.6 is 11.9 Å². The summed E-state index contributed by atoms with van der Waals surface area (Å²) >= 11 is 1.56. The summed E-state index contributed by atoms with van der Waals surface area (Å²) in [5.74, 6) is 0.820. The number of nitrogens with zero attached hydrogens (tertiary/aromatic N) is 6. The number of fused-ring (bicyclic) bond motifs is 1. The van der Waals surface area contributed by atoms with Crippen LogP contribution in [-0.2, 0) is 0 Å². The van der Waals surface area contributed by atoms with Crippen molar-refractivity contribution < 1.29 is 4.79 Å². The lowest BCUT2D eigenvalue weighted by atomic mass is 10.2. The van der Waals surface area contributed by atoms with Crippen molar-refractivity contribution in [3.05, 3.63) is 73.1 Å². The maximum atomic E-state index is 13.4. The summed E-state index contributed by atoms with van der Waals surface area (Å²) in [4.78, 5) is 29.8. The van der Waals surface area contributed by atoms with Crippen molar-refractivity contribution in [1.29, 1.82) is 0 Å². The Balaban J connectivity index is 1.14. The molecule has 2 amide bonds. The number of urea groups is 1. The first kappa shape index (κ1) is 21.7. The van der Waals surface area contributed by atoms with Gasteiger partial charge in [-0.15, -0.1) is 0 Å². The van der Waals surface area contributed by atoms with Gasteiger partial charge >= 0.3 is 6.03 Å². The molecule has 1 aromatic heterocycles. The fraction of sp³-hybridized carbons (Fsp3) is 0.320. The Bertz CT molecular complexity index is 1060.